The monoisotopic (exact) mass is 273 g/mol. The molecule has 0 saturated heterocycles. The third kappa shape index (κ3) is 4.02. The van der Waals surface area contributed by atoms with Crippen LogP contribution in [0.1, 0.15) is 32.5 Å². The second-order valence-electron chi connectivity index (χ2n) is 4.76. The fourth-order valence-electron chi connectivity index (χ4n) is 2.02. The van der Waals surface area contributed by atoms with E-state index in [1.807, 2.05) is 36.7 Å². The standard InChI is InChI=1S/C16H23N3O/c1-3-10-19-11-9-17-16(19)13-18-14-5-7-15(8-6-14)20-12-4-2/h5-9,11,18H,3-4,10,12-13H2,1-2H3. The number of hydrogen-bond acceptors (Lipinski definition) is 3. The van der Waals surface area contributed by atoms with Gasteiger partial charge in [-0.05, 0) is 37.1 Å². The van der Waals surface area contributed by atoms with Gasteiger partial charge >= 0.3 is 0 Å². The highest BCUT2D eigenvalue weighted by atomic mass is 16.5. The third-order valence-corrected chi connectivity index (χ3v) is 3.04. The van der Waals surface area contributed by atoms with Gasteiger partial charge < -0.3 is 14.6 Å². The molecule has 1 aromatic carbocycles. The van der Waals surface area contributed by atoms with E-state index >= 15 is 0 Å². The van der Waals surface area contributed by atoms with Gasteiger partial charge in [-0.1, -0.05) is 13.8 Å². The zero-order valence-corrected chi connectivity index (χ0v) is 12.3. The number of aryl methyl sites for hydroxylation is 1. The van der Waals surface area contributed by atoms with E-state index in [2.05, 4.69) is 28.7 Å². The maximum Gasteiger partial charge on any atom is 0.128 e. The summed E-state index contributed by atoms with van der Waals surface area (Å²) in [6.07, 6.45) is 6.03. The van der Waals surface area contributed by atoms with Crippen LogP contribution in [0.3, 0.4) is 0 Å². The number of rotatable bonds is 8. The predicted octanol–water partition coefficient (Wildman–Crippen LogP) is 3.69. The summed E-state index contributed by atoms with van der Waals surface area (Å²) in [5.74, 6) is 1.99. The highest BCUT2D eigenvalue weighted by Gasteiger charge is 2.02. The van der Waals surface area contributed by atoms with Crippen molar-refractivity contribution in [1.82, 2.24) is 9.55 Å². The summed E-state index contributed by atoms with van der Waals surface area (Å²) < 4.78 is 7.75. The minimum Gasteiger partial charge on any atom is -0.494 e. The molecule has 0 atom stereocenters. The van der Waals surface area contributed by atoms with Crippen molar-refractivity contribution in [3.8, 4) is 5.75 Å². The van der Waals surface area contributed by atoms with Crippen molar-refractivity contribution in [2.75, 3.05) is 11.9 Å². The molecule has 0 bridgehead atoms. The quantitative estimate of drug-likeness (QED) is 0.797. The van der Waals surface area contributed by atoms with Gasteiger partial charge in [0.05, 0.1) is 13.2 Å². The molecule has 108 valence electrons. The minimum absolute atomic E-state index is 0.738. The van der Waals surface area contributed by atoms with Gasteiger partial charge in [0.25, 0.3) is 0 Å². The zero-order chi connectivity index (χ0) is 14.2. The normalized spacial score (nSPS) is 10.5. The lowest BCUT2D eigenvalue weighted by molar-refractivity contribution is 0.317. The van der Waals surface area contributed by atoms with Crippen LogP contribution >= 0.6 is 0 Å². The molecule has 4 nitrogen and oxygen atoms in total. The van der Waals surface area contributed by atoms with Gasteiger partial charge in [-0.3, -0.25) is 0 Å². The SMILES string of the molecule is CCCOc1ccc(NCc2nccn2CCC)cc1. The molecule has 2 aromatic rings. The largest absolute Gasteiger partial charge is 0.494 e. The maximum absolute atomic E-state index is 5.57. The number of ether oxygens (including phenoxy) is 1. The molecular weight excluding hydrogens is 250 g/mol. The van der Waals surface area contributed by atoms with Gasteiger partial charge in [-0.15, -0.1) is 0 Å². The minimum atomic E-state index is 0.738. The topological polar surface area (TPSA) is 39.1 Å². The van der Waals surface area contributed by atoms with Crippen LogP contribution < -0.4 is 10.1 Å². The molecule has 0 saturated carbocycles. The van der Waals surface area contributed by atoms with E-state index < -0.39 is 0 Å². The number of imidazole rings is 1. The number of benzene rings is 1. The molecule has 0 aliphatic rings. The molecular formula is C16H23N3O. The van der Waals surface area contributed by atoms with Crippen LogP contribution in [0.25, 0.3) is 0 Å². The zero-order valence-electron chi connectivity index (χ0n) is 12.3. The highest BCUT2D eigenvalue weighted by molar-refractivity contribution is 5.46. The Bertz CT molecular complexity index is 505. The predicted molar refractivity (Wildman–Crippen MR) is 82.1 cm³/mol. The van der Waals surface area contributed by atoms with Crippen molar-refractivity contribution < 1.29 is 4.74 Å². The van der Waals surface area contributed by atoms with E-state index in [9.17, 15) is 0 Å². The number of anilines is 1. The molecule has 0 amide bonds. The first-order valence-corrected chi connectivity index (χ1v) is 7.30. The van der Waals surface area contributed by atoms with Crippen molar-refractivity contribution in [2.45, 2.75) is 39.8 Å². The summed E-state index contributed by atoms with van der Waals surface area (Å²) >= 11 is 0. The van der Waals surface area contributed by atoms with E-state index in [1.165, 1.54) is 0 Å². The molecule has 2 rings (SSSR count). The molecule has 1 N–H and O–H groups in total. The first kappa shape index (κ1) is 14.4. The van der Waals surface area contributed by atoms with Crippen LogP contribution in [0.15, 0.2) is 36.7 Å². The van der Waals surface area contributed by atoms with E-state index in [0.717, 1.165) is 49.8 Å². The van der Waals surface area contributed by atoms with Crippen molar-refractivity contribution in [3.05, 3.63) is 42.5 Å². The summed E-state index contributed by atoms with van der Waals surface area (Å²) in [6.45, 7) is 6.80. The van der Waals surface area contributed by atoms with Crippen molar-refractivity contribution in [2.24, 2.45) is 0 Å². The van der Waals surface area contributed by atoms with Crippen LogP contribution in [-0.2, 0) is 13.1 Å². The fourth-order valence-corrected chi connectivity index (χ4v) is 2.02. The average Bonchev–Trinajstić information content (AvgIpc) is 2.92. The van der Waals surface area contributed by atoms with E-state index in [1.54, 1.807) is 0 Å². The Kier molecular flexibility index (Phi) is 5.47. The summed E-state index contributed by atoms with van der Waals surface area (Å²) in [7, 11) is 0. The van der Waals surface area contributed by atoms with E-state index in [0.29, 0.717) is 0 Å². The Balaban J connectivity index is 1.88. The number of nitrogens with zero attached hydrogens (tertiary/aromatic N) is 2. The van der Waals surface area contributed by atoms with Gasteiger partial charge in [-0.25, -0.2) is 4.98 Å². The Morgan fingerprint density at radius 2 is 1.95 bits per heavy atom. The summed E-state index contributed by atoms with van der Waals surface area (Å²) in [5.41, 5.74) is 1.08. The number of nitrogens with one attached hydrogen (secondary N) is 1. The van der Waals surface area contributed by atoms with Gasteiger partial charge in [0.15, 0.2) is 0 Å². The van der Waals surface area contributed by atoms with E-state index in [-0.39, 0.29) is 0 Å². The highest BCUT2D eigenvalue weighted by Crippen LogP contribution is 2.16. The van der Waals surface area contributed by atoms with Gasteiger partial charge in [0, 0.05) is 24.6 Å². The van der Waals surface area contributed by atoms with E-state index in [4.69, 9.17) is 4.74 Å². The molecule has 0 fully saturated rings. The molecule has 1 aromatic heterocycles. The maximum atomic E-state index is 5.57. The first-order chi connectivity index (χ1) is 9.83. The second-order valence-corrected chi connectivity index (χ2v) is 4.76. The Morgan fingerprint density at radius 1 is 1.15 bits per heavy atom. The molecule has 0 radical (unpaired) electrons. The van der Waals surface area contributed by atoms with Gasteiger partial charge in [-0.2, -0.15) is 0 Å². The van der Waals surface area contributed by atoms with Gasteiger partial charge in [0.2, 0.25) is 0 Å². The number of hydrogen-bond donors (Lipinski definition) is 1. The lowest BCUT2D eigenvalue weighted by atomic mass is 10.3. The van der Waals surface area contributed by atoms with Crippen molar-refractivity contribution >= 4 is 5.69 Å². The Hall–Kier alpha value is -1.97. The Labute approximate surface area is 120 Å². The van der Waals surface area contributed by atoms with Crippen LogP contribution in [0.4, 0.5) is 5.69 Å². The van der Waals surface area contributed by atoms with Crippen LogP contribution in [0.5, 0.6) is 5.75 Å². The fraction of sp³-hybridized carbons (Fsp3) is 0.438. The lowest BCUT2D eigenvalue weighted by Gasteiger charge is -2.10. The van der Waals surface area contributed by atoms with Crippen LogP contribution in [0, 0.1) is 0 Å². The first-order valence-electron chi connectivity index (χ1n) is 7.30. The second kappa shape index (κ2) is 7.58. The van der Waals surface area contributed by atoms with Crippen molar-refractivity contribution in [3.63, 3.8) is 0 Å². The Morgan fingerprint density at radius 3 is 2.65 bits per heavy atom. The molecule has 0 aliphatic carbocycles. The molecule has 1 heterocycles. The molecule has 20 heavy (non-hydrogen) atoms. The van der Waals surface area contributed by atoms with Gasteiger partial charge in [0.1, 0.15) is 11.6 Å². The molecule has 0 spiro atoms. The lowest BCUT2D eigenvalue weighted by Crippen LogP contribution is -2.08. The van der Waals surface area contributed by atoms with Crippen LogP contribution in [-0.4, -0.2) is 16.2 Å². The van der Waals surface area contributed by atoms with Crippen LogP contribution in [0.2, 0.25) is 0 Å². The molecule has 0 unspecified atom stereocenters. The third-order valence-electron chi connectivity index (χ3n) is 3.04. The summed E-state index contributed by atoms with van der Waals surface area (Å²) in [5, 5.41) is 3.39. The number of aromatic nitrogens is 2. The van der Waals surface area contributed by atoms with Crippen molar-refractivity contribution in [1.29, 1.82) is 0 Å². The molecule has 0 aliphatic heterocycles. The average molecular weight is 273 g/mol. The summed E-state index contributed by atoms with van der Waals surface area (Å²) in [6, 6.07) is 8.07. The molecule has 4 heteroatoms. The smallest absolute Gasteiger partial charge is 0.128 e. The summed E-state index contributed by atoms with van der Waals surface area (Å²) in [4.78, 5) is 4.38.